The average Bonchev–Trinajstić information content (AvgIpc) is 1.83. The maximum absolute atomic E-state index is 10.6. The maximum atomic E-state index is 10.6. The minimum absolute atomic E-state index is 0.266. The van der Waals surface area contributed by atoms with Gasteiger partial charge in [-0.15, -0.1) is 0 Å². The number of hydrogen-bond acceptors (Lipinski definition) is 1. The Kier molecular flexibility index (Phi) is 3.06. The maximum Gasteiger partial charge on any atom is 0.120 e. The highest BCUT2D eigenvalue weighted by molar-refractivity contribution is 6.83. The molecule has 0 spiro atoms. The molecule has 0 aromatic rings. The standard InChI is InChI=1S/C9H20OSi/c1-8(7-10)11(5,6)9(2,3)4/h7-8H,1-6H3/t8-/m0/s1. The van der Waals surface area contributed by atoms with E-state index in [-0.39, 0.29) is 5.54 Å². The lowest BCUT2D eigenvalue weighted by Gasteiger charge is -2.39. The SMILES string of the molecule is C[C@@H](C=O)[Si](C)(C)C(C)(C)C. The van der Waals surface area contributed by atoms with Crippen LogP contribution >= 0.6 is 0 Å². The van der Waals surface area contributed by atoms with Crippen LogP contribution in [0.3, 0.4) is 0 Å². The van der Waals surface area contributed by atoms with Gasteiger partial charge in [0.25, 0.3) is 0 Å². The zero-order valence-electron chi connectivity index (χ0n) is 8.56. The van der Waals surface area contributed by atoms with E-state index in [0.717, 1.165) is 6.29 Å². The van der Waals surface area contributed by atoms with Crippen LogP contribution < -0.4 is 0 Å². The molecule has 2 heteroatoms. The second kappa shape index (κ2) is 3.09. The quantitative estimate of drug-likeness (QED) is 0.462. The molecule has 1 nitrogen and oxygen atoms in total. The van der Waals surface area contributed by atoms with Crippen molar-refractivity contribution < 1.29 is 4.79 Å². The van der Waals surface area contributed by atoms with E-state index in [2.05, 4.69) is 33.9 Å². The lowest BCUT2D eigenvalue weighted by atomic mass is 10.2. The fraction of sp³-hybridized carbons (Fsp3) is 0.889. The summed E-state index contributed by atoms with van der Waals surface area (Å²) in [5.74, 6) is 0. The summed E-state index contributed by atoms with van der Waals surface area (Å²) < 4.78 is 0. The average molecular weight is 172 g/mol. The van der Waals surface area contributed by atoms with Crippen molar-refractivity contribution in [2.24, 2.45) is 0 Å². The topological polar surface area (TPSA) is 17.1 Å². The van der Waals surface area contributed by atoms with Crippen molar-refractivity contribution in [3.05, 3.63) is 0 Å². The van der Waals surface area contributed by atoms with Gasteiger partial charge in [-0.25, -0.2) is 0 Å². The van der Waals surface area contributed by atoms with E-state index in [9.17, 15) is 4.79 Å². The molecule has 0 saturated heterocycles. The summed E-state index contributed by atoms with van der Waals surface area (Å²) in [6.07, 6.45) is 1.11. The van der Waals surface area contributed by atoms with Crippen molar-refractivity contribution in [2.45, 2.75) is 51.4 Å². The van der Waals surface area contributed by atoms with Gasteiger partial charge in [0.15, 0.2) is 0 Å². The first-order chi connectivity index (χ1) is 4.73. The Hall–Kier alpha value is -0.113. The van der Waals surface area contributed by atoms with Crippen LogP contribution in [0.15, 0.2) is 0 Å². The van der Waals surface area contributed by atoms with Gasteiger partial charge in [0.05, 0.1) is 8.07 Å². The third-order valence-corrected chi connectivity index (χ3v) is 9.55. The molecule has 66 valence electrons. The molecule has 0 aliphatic heterocycles. The molecule has 1 atom stereocenters. The third kappa shape index (κ3) is 2.16. The summed E-state index contributed by atoms with van der Waals surface area (Å²) in [7, 11) is -1.38. The van der Waals surface area contributed by atoms with E-state index in [0.29, 0.717) is 5.04 Å². The second-order valence-electron chi connectivity index (χ2n) is 4.90. The van der Waals surface area contributed by atoms with E-state index >= 15 is 0 Å². The number of aldehydes is 1. The highest BCUT2D eigenvalue weighted by Crippen LogP contribution is 2.42. The van der Waals surface area contributed by atoms with E-state index in [1.54, 1.807) is 0 Å². The molecule has 0 heterocycles. The predicted molar refractivity (Wildman–Crippen MR) is 52.7 cm³/mol. The molecule has 0 aliphatic rings. The number of carbonyl (C=O) groups is 1. The molecule has 0 aromatic carbocycles. The molecule has 0 saturated carbocycles. The van der Waals surface area contributed by atoms with Gasteiger partial charge in [0, 0.05) is 5.54 Å². The molecule has 0 amide bonds. The molecule has 11 heavy (non-hydrogen) atoms. The molecular formula is C9H20OSi. The Balaban J connectivity index is 4.58. The van der Waals surface area contributed by atoms with Crippen LogP contribution in [0.4, 0.5) is 0 Å². The summed E-state index contributed by atoms with van der Waals surface area (Å²) in [5, 5.41) is 0.327. The summed E-state index contributed by atoms with van der Waals surface area (Å²) in [6, 6.07) is 0. The minimum Gasteiger partial charge on any atom is -0.303 e. The summed E-state index contributed by atoms with van der Waals surface area (Å²) in [4.78, 5) is 10.6. The molecule has 0 aromatic heterocycles. The van der Waals surface area contributed by atoms with Crippen molar-refractivity contribution in [1.29, 1.82) is 0 Å². The minimum atomic E-state index is -1.38. The molecule has 0 bridgehead atoms. The molecular weight excluding hydrogens is 152 g/mol. The zero-order valence-corrected chi connectivity index (χ0v) is 9.56. The molecule has 0 unspecified atom stereocenters. The second-order valence-corrected chi connectivity index (χ2v) is 10.8. The van der Waals surface area contributed by atoms with E-state index in [1.807, 2.05) is 6.92 Å². The predicted octanol–water partition coefficient (Wildman–Crippen LogP) is 3.08. The Morgan fingerprint density at radius 1 is 1.27 bits per heavy atom. The highest BCUT2D eigenvalue weighted by atomic mass is 28.3. The van der Waals surface area contributed by atoms with Gasteiger partial charge in [0.1, 0.15) is 6.29 Å². The normalized spacial score (nSPS) is 16.2. The molecule has 0 aliphatic carbocycles. The van der Waals surface area contributed by atoms with Crippen LogP contribution in [0.5, 0.6) is 0 Å². The lowest BCUT2D eigenvalue weighted by molar-refractivity contribution is -0.107. The van der Waals surface area contributed by atoms with E-state index in [1.165, 1.54) is 0 Å². The van der Waals surface area contributed by atoms with Gasteiger partial charge in [-0.3, -0.25) is 0 Å². The highest BCUT2D eigenvalue weighted by Gasteiger charge is 2.39. The molecule has 0 fully saturated rings. The largest absolute Gasteiger partial charge is 0.303 e. The van der Waals surface area contributed by atoms with Crippen LogP contribution in [0.2, 0.25) is 23.7 Å². The van der Waals surface area contributed by atoms with Crippen molar-refractivity contribution >= 4 is 14.4 Å². The van der Waals surface area contributed by atoms with Crippen LogP contribution in [0.1, 0.15) is 27.7 Å². The smallest absolute Gasteiger partial charge is 0.120 e. The zero-order chi connectivity index (χ0) is 9.28. The van der Waals surface area contributed by atoms with Gasteiger partial charge in [0.2, 0.25) is 0 Å². The Labute approximate surface area is 71.2 Å². The van der Waals surface area contributed by atoms with Gasteiger partial charge in [-0.05, 0) is 5.04 Å². The van der Waals surface area contributed by atoms with Crippen LogP contribution in [0, 0.1) is 0 Å². The summed E-state index contributed by atoms with van der Waals surface area (Å²) in [5.41, 5.74) is 0.266. The first-order valence-corrected chi connectivity index (χ1v) is 7.26. The van der Waals surface area contributed by atoms with Crippen LogP contribution in [0.25, 0.3) is 0 Å². The van der Waals surface area contributed by atoms with Crippen LogP contribution in [-0.4, -0.2) is 14.4 Å². The number of hydrogen-bond donors (Lipinski definition) is 0. The summed E-state index contributed by atoms with van der Waals surface area (Å²) >= 11 is 0. The van der Waals surface area contributed by atoms with Gasteiger partial charge < -0.3 is 4.79 Å². The Bertz CT molecular complexity index is 144. The third-order valence-electron chi connectivity index (χ3n) is 3.28. The molecule has 0 N–H and O–H groups in total. The Morgan fingerprint density at radius 2 is 1.64 bits per heavy atom. The first-order valence-electron chi connectivity index (χ1n) is 4.19. The monoisotopic (exact) mass is 172 g/mol. The fourth-order valence-corrected chi connectivity index (χ4v) is 2.56. The molecule has 0 rings (SSSR count). The lowest BCUT2D eigenvalue weighted by Crippen LogP contribution is -2.41. The van der Waals surface area contributed by atoms with E-state index in [4.69, 9.17) is 0 Å². The Morgan fingerprint density at radius 3 is 1.73 bits per heavy atom. The number of rotatable bonds is 2. The first kappa shape index (κ1) is 10.9. The fourth-order valence-electron chi connectivity index (χ4n) is 0.853. The van der Waals surface area contributed by atoms with Crippen molar-refractivity contribution in [3.8, 4) is 0 Å². The van der Waals surface area contributed by atoms with Crippen molar-refractivity contribution in [1.82, 2.24) is 0 Å². The van der Waals surface area contributed by atoms with E-state index < -0.39 is 8.07 Å². The number of carbonyl (C=O) groups excluding carboxylic acids is 1. The van der Waals surface area contributed by atoms with Gasteiger partial charge in [-0.1, -0.05) is 40.8 Å². The van der Waals surface area contributed by atoms with Gasteiger partial charge in [-0.2, -0.15) is 0 Å². The van der Waals surface area contributed by atoms with Crippen molar-refractivity contribution in [3.63, 3.8) is 0 Å². The van der Waals surface area contributed by atoms with Crippen LogP contribution in [-0.2, 0) is 4.79 Å². The summed E-state index contributed by atoms with van der Waals surface area (Å²) in [6.45, 7) is 13.3. The van der Waals surface area contributed by atoms with Gasteiger partial charge >= 0.3 is 0 Å². The van der Waals surface area contributed by atoms with Crippen molar-refractivity contribution in [2.75, 3.05) is 0 Å². The molecule has 0 radical (unpaired) electrons.